The average molecular weight is 359 g/mol. The van der Waals surface area contributed by atoms with Crippen LogP contribution in [0.3, 0.4) is 0 Å². The average Bonchev–Trinajstić information content (AvgIpc) is 2.46. The first-order chi connectivity index (χ1) is 10.9. The Labute approximate surface area is 138 Å². The zero-order valence-corrected chi connectivity index (χ0v) is 12.9. The third-order valence-electron chi connectivity index (χ3n) is 2.72. The van der Waals surface area contributed by atoms with Crippen molar-refractivity contribution in [2.45, 2.75) is 10.7 Å². The van der Waals surface area contributed by atoms with Gasteiger partial charge in [0.1, 0.15) is 5.56 Å². The van der Waals surface area contributed by atoms with Gasteiger partial charge in [-0.15, -0.1) is 0 Å². The molecule has 1 amide bonds. The van der Waals surface area contributed by atoms with E-state index in [1.165, 1.54) is 36.4 Å². The maximum atomic E-state index is 12.4. The summed E-state index contributed by atoms with van der Waals surface area (Å²) in [5.41, 5.74) is -0.366. The number of amides is 1. The fourth-order valence-corrected chi connectivity index (χ4v) is 2.53. The molecular weight excluding hydrogens is 350 g/mol. The van der Waals surface area contributed by atoms with Crippen molar-refractivity contribution in [2.75, 3.05) is 5.32 Å². The summed E-state index contributed by atoms with van der Waals surface area (Å²) in [6, 6.07) is 9.40. The van der Waals surface area contributed by atoms with Crippen molar-refractivity contribution in [1.82, 2.24) is 0 Å². The van der Waals surface area contributed by atoms with Gasteiger partial charge in [0.05, 0.1) is 4.92 Å². The van der Waals surface area contributed by atoms with E-state index >= 15 is 0 Å². The second-order valence-corrected chi connectivity index (χ2v) is 5.78. The highest BCUT2D eigenvalue weighted by atomic mass is 35.5. The number of alkyl halides is 2. The van der Waals surface area contributed by atoms with Crippen molar-refractivity contribution in [1.29, 1.82) is 0 Å². The van der Waals surface area contributed by atoms with Gasteiger partial charge in [0.15, 0.2) is 0 Å². The number of carbonyl (C=O) groups excluding carboxylic acids is 1. The zero-order chi connectivity index (χ0) is 17.0. The number of hydrogen-bond acceptors (Lipinski definition) is 4. The lowest BCUT2D eigenvalue weighted by molar-refractivity contribution is -0.385. The first-order valence-electron chi connectivity index (χ1n) is 6.17. The van der Waals surface area contributed by atoms with Crippen molar-refractivity contribution in [2.24, 2.45) is 0 Å². The summed E-state index contributed by atoms with van der Waals surface area (Å²) in [6.07, 6.45) is 0. The van der Waals surface area contributed by atoms with Gasteiger partial charge in [-0.1, -0.05) is 29.4 Å². The Morgan fingerprint density at radius 2 is 2.00 bits per heavy atom. The van der Waals surface area contributed by atoms with E-state index in [4.69, 9.17) is 11.6 Å². The van der Waals surface area contributed by atoms with Gasteiger partial charge in [0, 0.05) is 21.7 Å². The minimum absolute atomic E-state index is 0.169. The Kier molecular flexibility index (Phi) is 5.51. The molecule has 0 aromatic heterocycles. The minimum atomic E-state index is -2.59. The summed E-state index contributed by atoms with van der Waals surface area (Å²) >= 11 is 6.09. The second-order valence-electron chi connectivity index (χ2n) is 4.28. The van der Waals surface area contributed by atoms with E-state index in [1.807, 2.05) is 0 Å². The fraction of sp³-hybridized carbons (Fsp3) is 0.0714. The molecule has 9 heteroatoms. The largest absolute Gasteiger partial charge is 0.322 e. The number of nitro benzene ring substituents is 1. The molecule has 0 heterocycles. The van der Waals surface area contributed by atoms with E-state index in [0.29, 0.717) is 11.8 Å². The molecule has 120 valence electrons. The van der Waals surface area contributed by atoms with Crippen LogP contribution in [0.5, 0.6) is 0 Å². The molecular formula is C14H9ClF2N2O3S. The molecule has 0 aliphatic rings. The molecule has 0 saturated carbocycles. The second kappa shape index (κ2) is 7.38. The van der Waals surface area contributed by atoms with E-state index in [9.17, 15) is 23.7 Å². The summed E-state index contributed by atoms with van der Waals surface area (Å²) in [5, 5.41) is 13.6. The normalized spacial score (nSPS) is 10.6. The van der Waals surface area contributed by atoms with Crippen LogP contribution in [0.15, 0.2) is 47.4 Å². The third-order valence-corrected chi connectivity index (χ3v) is 3.66. The number of anilines is 1. The van der Waals surface area contributed by atoms with Crippen LogP contribution < -0.4 is 5.32 Å². The number of nitrogens with zero attached hydrogens (tertiary/aromatic N) is 1. The molecule has 5 nitrogen and oxygen atoms in total. The van der Waals surface area contributed by atoms with Crippen molar-refractivity contribution < 1.29 is 18.5 Å². The van der Waals surface area contributed by atoms with Gasteiger partial charge in [0.2, 0.25) is 0 Å². The molecule has 0 fully saturated rings. The van der Waals surface area contributed by atoms with Gasteiger partial charge in [-0.25, -0.2) is 0 Å². The number of halogens is 3. The number of rotatable bonds is 5. The molecule has 0 radical (unpaired) electrons. The smallest absolute Gasteiger partial charge is 0.288 e. The Balaban J connectivity index is 2.26. The number of thioether (sulfide) groups is 1. The Bertz CT molecular complexity index is 759. The molecule has 23 heavy (non-hydrogen) atoms. The van der Waals surface area contributed by atoms with E-state index < -0.39 is 22.3 Å². The van der Waals surface area contributed by atoms with Crippen LogP contribution in [-0.4, -0.2) is 16.6 Å². The maximum absolute atomic E-state index is 12.4. The maximum Gasteiger partial charge on any atom is 0.288 e. The summed E-state index contributed by atoms with van der Waals surface area (Å²) in [5.74, 6) is -3.34. The number of nitro groups is 1. The lowest BCUT2D eigenvalue weighted by Gasteiger charge is -2.08. The Hall–Kier alpha value is -2.19. The topological polar surface area (TPSA) is 72.2 Å². The third kappa shape index (κ3) is 4.64. The quantitative estimate of drug-likeness (QED) is 0.472. The van der Waals surface area contributed by atoms with Crippen LogP contribution in [0.1, 0.15) is 10.4 Å². The summed E-state index contributed by atoms with van der Waals surface area (Å²) in [4.78, 5) is 22.7. The molecule has 0 saturated heterocycles. The Morgan fingerprint density at radius 1 is 1.26 bits per heavy atom. The highest BCUT2D eigenvalue weighted by Crippen LogP contribution is 2.28. The molecule has 0 bridgehead atoms. The van der Waals surface area contributed by atoms with E-state index in [-0.39, 0.29) is 21.2 Å². The first-order valence-corrected chi connectivity index (χ1v) is 7.43. The lowest BCUT2D eigenvalue weighted by Crippen LogP contribution is -2.14. The molecule has 0 aliphatic heterocycles. The van der Waals surface area contributed by atoms with Gasteiger partial charge >= 0.3 is 0 Å². The van der Waals surface area contributed by atoms with Crippen LogP contribution in [0, 0.1) is 10.1 Å². The van der Waals surface area contributed by atoms with Crippen LogP contribution in [-0.2, 0) is 0 Å². The van der Waals surface area contributed by atoms with Crippen LogP contribution >= 0.6 is 23.4 Å². The summed E-state index contributed by atoms with van der Waals surface area (Å²) < 4.78 is 24.7. The highest BCUT2D eigenvalue weighted by Gasteiger charge is 2.20. The molecule has 0 spiro atoms. The lowest BCUT2D eigenvalue weighted by atomic mass is 10.1. The standard InChI is InChI=1S/C14H9ClF2N2O3S/c15-8-4-5-12(19(21)22)11(6-8)13(20)18-9-2-1-3-10(7-9)23-14(16)17/h1-7,14H,(H,18,20). The minimum Gasteiger partial charge on any atom is -0.322 e. The van der Waals surface area contributed by atoms with Gasteiger partial charge in [0.25, 0.3) is 17.4 Å². The molecule has 2 aromatic rings. The molecule has 2 aromatic carbocycles. The van der Waals surface area contributed by atoms with Crippen LogP contribution in [0.25, 0.3) is 0 Å². The van der Waals surface area contributed by atoms with E-state index in [1.54, 1.807) is 0 Å². The monoisotopic (exact) mass is 358 g/mol. The number of benzene rings is 2. The molecule has 0 atom stereocenters. The van der Waals surface area contributed by atoms with Gasteiger partial charge in [-0.05, 0) is 30.3 Å². The van der Waals surface area contributed by atoms with Crippen molar-refractivity contribution in [3.63, 3.8) is 0 Å². The summed E-state index contributed by atoms with van der Waals surface area (Å²) in [6.45, 7) is 0. The number of nitrogens with one attached hydrogen (secondary N) is 1. The van der Waals surface area contributed by atoms with Crippen molar-refractivity contribution >= 4 is 40.6 Å². The number of carbonyl (C=O) groups is 1. The molecule has 2 rings (SSSR count). The Morgan fingerprint density at radius 3 is 2.65 bits per heavy atom. The van der Waals surface area contributed by atoms with Crippen molar-refractivity contribution in [3.05, 3.63) is 63.2 Å². The van der Waals surface area contributed by atoms with Crippen LogP contribution in [0.2, 0.25) is 5.02 Å². The molecule has 0 unspecified atom stereocenters. The van der Waals surface area contributed by atoms with Crippen molar-refractivity contribution in [3.8, 4) is 0 Å². The summed E-state index contributed by atoms with van der Waals surface area (Å²) in [7, 11) is 0. The predicted molar refractivity (Wildman–Crippen MR) is 84.4 cm³/mol. The van der Waals surface area contributed by atoms with E-state index in [2.05, 4.69) is 5.32 Å². The van der Waals surface area contributed by atoms with Crippen LogP contribution in [0.4, 0.5) is 20.2 Å². The molecule has 0 aliphatic carbocycles. The van der Waals surface area contributed by atoms with Gasteiger partial charge in [-0.3, -0.25) is 14.9 Å². The molecule has 1 N–H and O–H groups in total. The highest BCUT2D eigenvalue weighted by molar-refractivity contribution is 7.99. The fourth-order valence-electron chi connectivity index (χ4n) is 1.80. The van der Waals surface area contributed by atoms with E-state index in [0.717, 1.165) is 6.07 Å². The predicted octanol–water partition coefficient (Wildman–Crippen LogP) is 4.82. The van der Waals surface area contributed by atoms with Gasteiger partial charge in [-0.2, -0.15) is 8.78 Å². The SMILES string of the molecule is O=C(Nc1cccc(SC(F)F)c1)c1cc(Cl)ccc1[N+](=O)[O-]. The van der Waals surface area contributed by atoms with Gasteiger partial charge < -0.3 is 5.32 Å². The zero-order valence-electron chi connectivity index (χ0n) is 11.3. The number of hydrogen-bond donors (Lipinski definition) is 1. The first kappa shape index (κ1) is 17.2.